The highest BCUT2D eigenvalue weighted by Crippen LogP contribution is 2.24. The van der Waals surface area contributed by atoms with E-state index in [-0.39, 0.29) is 6.03 Å². The van der Waals surface area contributed by atoms with Crippen LogP contribution in [0, 0.1) is 6.92 Å². The van der Waals surface area contributed by atoms with Gasteiger partial charge in [-0.25, -0.2) is 4.79 Å². The second-order valence-corrected chi connectivity index (χ2v) is 7.27. The van der Waals surface area contributed by atoms with E-state index >= 15 is 0 Å². The molecule has 1 aliphatic heterocycles. The first kappa shape index (κ1) is 17.5. The van der Waals surface area contributed by atoms with Gasteiger partial charge in [-0.05, 0) is 24.6 Å². The third-order valence-corrected chi connectivity index (χ3v) is 5.33. The van der Waals surface area contributed by atoms with Crippen molar-refractivity contribution in [1.29, 1.82) is 0 Å². The Morgan fingerprint density at radius 2 is 1.81 bits per heavy atom. The average molecular weight is 379 g/mol. The Morgan fingerprint density at radius 1 is 1.04 bits per heavy atom. The van der Waals surface area contributed by atoms with Gasteiger partial charge in [0.25, 0.3) is 0 Å². The van der Waals surface area contributed by atoms with Crippen LogP contribution in [0.25, 0.3) is 11.4 Å². The van der Waals surface area contributed by atoms with Crippen LogP contribution in [0.4, 0.5) is 15.6 Å². The van der Waals surface area contributed by atoms with Gasteiger partial charge in [-0.3, -0.25) is 0 Å². The third kappa shape index (κ3) is 4.09. The molecule has 3 aromatic rings. The van der Waals surface area contributed by atoms with Crippen LogP contribution in [0.1, 0.15) is 5.56 Å². The van der Waals surface area contributed by atoms with Gasteiger partial charge in [0.1, 0.15) is 0 Å². The number of nitrogens with zero attached hydrogens (tertiary/aromatic N) is 4. The molecule has 6 nitrogen and oxygen atoms in total. The number of rotatable bonds is 3. The van der Waals surface area contributed by atoms with Gasteiger partial charge in [-0.1, -0.05) is 42.5 Å². The van der Waals surface area contributed by atoms with Crippen molar-refractivity contribution in [2.75, 3.05) is 36.4 Å². The minimum Gasteiger partial charge on any atom is -0.343 e. The summed E-state index contributed by atoms with van der Waals surface area (Å²) in [5.41, 5.74) is 2.98. The van der Waals surface area contributed by atoms with Gasteiger partial charge in [0.05, 0.1) is 0 Å². The lowest BCUT2D eigenvalue weighted by Crippen LogP contribution is -2.50. The Balaban J connectivity index is 1.35. The molecule has 138 valence electrons. The predicted molar refractivity (Wildman–Crippen MR) is 109 cm³/mol. The third-order valence-electron chi connectivity index (χ3n) is 4.55. The Hall–Kier alpha value is -2.93. The van der Waals surface area contributed by atoms with Gasteiger partial charge in [0.15, 0.2) is 5.82 Å². The topological polar surface area (TPSA) is 61.4 Å². The highest BCUT2D eigenvalue weighted by Gasteiger charge is 2.23. The Labute approximate surface area is 162 Å². The monoisotopic (exact) mass is 379 g/mol. The van der Waals surface area contributed by atoms with Gasteiger partial charge in [0, 0.05) is 49.0 Å². The number of amides is 2. The minimum atomic E-state index is -0.0533. The maximum atomic E-state index is 12.5. The maximum Gasteiger partial charge on any atom is 0.321 e. The lowest BCUT2D eigenvalue weighted by Gasteiger charge is -2.34. The summed E-state index contributed by atoms with van der Waals surface area (Å²) >= 11 is 1.41. The molecule has 1 aromatic heterocycles. The van der Waals surface area contributed by atoms with E-state index in [0.29, 0.717) is 13.1 Å². The van der Waals surface area contributed by atoms with Crippen molar-refractivity contribution in [2.24, 2.45) is 0 Å². The van der Waals surface area contributed by atoms with Crippen molar-refractivity contribution >= 4 is 28.4 Å². The summed E-state index contributed by atoms with van der Waals surface area (Å²) in [5.74, 6) is 0.759. The average Bonchev–Trinajstić information content (AvgIpc) is 3.19. The molecule has 0 radical (unpaired) electrons. The molecular weight excluding hydrogens is 358 g/mol. The smallest absolute Gasteiger partial charge is 0.321 e. The quantitative estimate of drug-likeness (QED) is 0.750. The summed E-state index contributed by atoms with van der Waals surface area (Å²) in [7, 11) is 0. The molecule has 0 bridgehead atoms. The van der Waals surface area contributed by atoms with Crippen LogP contribution in [0.3, 0.4) is 0 Å². The number of hydrogen-bond acceptors (Lipinski definition) is 5. The number of carbonyl (C=O) groups excluding carboxylic acids is 1. The van der Waals surface area contributed by atoms with E-state index in [4.69, 9.17) is 0 Å². The number of aryl methyl sites for hydroxylation is 1. The van der Waals surface area contributed by atoms with Crippen molar-refractivity contribution in [3.05, 3.63) is 60.2 Å². The highest BCUT2D eigenvalue weighted by molar-refractivity contribution is 7.09. The van der Waals surface area contributed by atoms with Crippen molar-refractivity contribution in [1.82, 2.24) is 14.3 Å². The molecule has 1 aliphatic rings. The molecule has 4 rings (SSSR count). The minimum absolute atomic E-state index is 0.0533. The van der Waals surface area contributed by atoms with Gasteiger partial charge in [-0.2, -0.15) is 9.36 Å². The normalized spacial score (nSPS) is 14.3. The molecule has 0 spiro atoms. The Kier molecular flexibility index (Phi) is 5.02. The number of nitrogens with one attached hydrogen (secondary N) is 1. The van der Waals surface area contributed by atoms with E-state index in [9.17, 15) is 4.79 Å². The van der Waals surface area contributed by atoms with Crippen LogP contribution in [0.15, 0.2) is 54.6 Å². The molecule has 27 heavy (non-hydrogen) atoms. The van der Waals surface area contributed by atoms with Crippen LogP contribution in [0.5, 0.6) is 0 Å². The maximum absolute atomic E-state index is 12.5. The second-order valence-electron chi connectivity index (χ2n) is 6.54. The van der Waals surface area contributed by atoms with Gasteiger partial charge >= 0.3 is 6.03 Å². The summed E-state index contributed by atoms with van der Waals surface area (Å²) in [5, 5.41) is 3.89. The van der Waals surface area contributed by atoms with Crippen molar-refractivity contribution in [2.45, 2.75) is 6.92 Å². The van der Waals surface area contributed by atoms with Crippen LogP contribution >= 0.6 is 11.5 Å². The SMILES string of the molecule is Cc1cccc(NC(=O)N2CCN(c3nc(-c4ccccc4)ns3)CC2)c1. The van der Waals surface area contributed by atoms with Crippen LogP contribution in [0.2, 0.25) is 0 Å². The number of carbonyl (C=O) groups is 1. The first-order chi connectivity index (χ1) is 13.2. The molecule has 1 fully saturated rings. The standard InChI is InChI=1S/C20H21N5OS/c1-15-6-5-9-17(14-15)21-19(26)24-10-12-25(13-11-24)20-22-18(23-27-20)16-7-3-2-4-8-16/h2-9,14H,10-13H2,1H3,(H,21,26). The first-order valence-electron chi connectivity index (χ1n) is 8.96. The summed E-state index contributed by atoms with van der Waals surface area (Å²) in [6.07, 6.45) is 0. The second kappa shape index (κ2) is 7.75. The fourth-order valence-electron chi connectivity index (χ4n) is 3.07. The molecule has 0 unspecified atom stereocenters. The Morgan fingerprint density at radius 3 is 2.56 bits per heavy atom. The van der Waals surface area contributed by atoms with E-state index in [1.807, 2.05) is 66.4 Å². The number of benzene rings is 2. The molecule has 2 aromatic carbocycles. The fourth-order valence-corrected chi connectivity index (χ4v) is 3.81. The van der Waals surface area contributed by atoms with E-state index in [2.05, 4.69) is 19.6 Å². The molecular formula is C20H21N5OS. The summed E-state index contributed by atoms with van der Waals surface area (Å²) in [6.45, 7) is 4.85. The van der Waals surface area contributed by atoms with E-state index in [1.54, 1.807) is 0 Å². The summed E-state index contributed by atoms with van der Waals surface area (Å²) in [6, 6.07) is 17.8. The van der Waals surface area contributed by atoms with E-state index in [0.717, 1.165) is 40.9 Å². The van der Waals surface area contributed by atoms with Crippen molar-refractivity contribution in [3.8, 4) is 11.4 Å². The number of urea groups is 1. The Bertz CT molecular complexity index is 919. The summed E-state index contributed by atoms with van der Waals surface area (Å²) in [4.78, 5) is 21.2. The van der Waals surface area contributed by atoms with Crippen molar-refractivity contribution in [3.63, 3.8) is 0 Å². The molecule has 0 aliphatic carbocycles. The van der Waals surface area contributed by atoms with Crippen LogP contribution in [-0.4, -0.2) is 46.5 Å². The highest BCUT2D eigenvalue weighted by atomic mass is 32.1. The predicted octanol–water partition coefficient (Wildman–Crippen LogP) is 3.87. The number of anilines is 2. The largest absolute Gasteiger partial charge is 0.343 e. The molecule has 7 heteroatoms. The zero-order chi connectivity index (χ0) is 18.6. The van der Waals surface area contributed by atoms with Crippen LogP contribution in [-0.2, 0) is 0 Å². The molecule has 1 saturated heterocycles. The number of piperazine rings is 1. The number of aromatic nitrogens is 2. The molecule has 0 saturated carbocycles. The molecule has 0 atom stereocenters. The zero-order valence-corrected chi connectivity index (χ0v) is 15.9. The zero-order valence-electron chi connectivity index (χ0n) is 15.1. The van der Waals surface area contributed by atoms with Gasteiger partial charge in [0.2, 0.25) is 5.13 Å². The van der Waals surface area contributed by atoms with E-state index < -0.39 is 0 Å². The fraction of sp³-hybridized carbons (Fsp3) is 0.250. The van der Waals surface area contributed by atoms with Crippen molar-refractivity contribution < 1.29 is 4.79 Å². The van der Waals surface area contributed by atoms with E-state index in [1.165, 1.54) is 11.5 Å². The molecule has 2 heterocycles. The lowest BCUT2D eigenvalue weighted by atomic mass is 10.2. The van der Waals surface area contributed by atoms with Crippen LogP contribution < -0.4 is 10.2 Å². The number of hydrogen-bond donors (Lipinski definition) is 1. The first-order valence-corrected chi connectivity index (χ1v) is 9.73. The lowest BCUT2D eigenvalue weighted by molar-refractivity contribution is 0.208. The van der Waals surface area contributed by atoms with Gasteiger partial charge in [-0.15, -0.1) is 0 Å². The molecule has 2 amide bonds. The summed E-state index contributed by atoms with van der Waals surface area (Å²) < 4.78 is 4.48. The van der Waals surface area contributed by atoms with Gasteiger partial charge < -0.3 is 15.1 Å². The molecule has 1 N–H and O–H groups in total.